The predicted octanol–water partition coefficient (Wildman–Crippen LogP) is 2.65. The SMILES string of the molecule is CCOC(=O)c1cnc(SC)nc1Nc1ccc(CCO)cc1. The van der Waals surface area contributed by atoms with Gasteiger partial charge in [-0.1, -0.05) is 23.9 Å². The van der Waals surface area contributed by atoms with Crippen molar-refractivity contribution in [3.63, 3.8) is 0 Å². The number of aliphatic hydroxyl groups excluding tert-OH is 1. The lowest BCUT2D eigenvalue weighted by atomic mass is 10.1. The van der Waals surface area contributed by atoms with Crippen LogP contribution in [0.2, 0.25) is 0 Å². The molecule has 0 saturated heterocycles. The lowest BCUT2D eigenvalue weighted by Gasteiger charge is -2.11. The highest BCUT2D eigenvalue weighted by Crippen LogP contribution is 2.22. The number of carbonyl (C=O) groups is 1. The summed E-state index contributed by atoms with van der Waals surface area (Å²) in [5, 5.41) is 12.6. The fraction of sp³-hybridized carbons (Fsp3) is 0.312. The zero-order chi connectivity index (χ0) is 16.7. The van der Waals surface area contributed by atoms with Crippen molar-refractivity contribution in [1.82, 2.24) is 9.97 Å². The average Bonchev–Trinajstić information content (AvgIpc) is 2.57. The van der Waals surface area contributed by atoms with Crippen molar-refractivity contribution in [3.05, 3.63) is 41.6 Å². The molecule has 0 aliphatic heterocycles. The highest BCUT2D eigenvalue weighted by Gasteiger charge is 2.16. The number of hydrogen-bond donors (Lipinski definition) is 2. The van der Waals surface area contributed by atoms with Crippen LogP contribution in [0.25, 0.3) is 0 Å². The van der Waals surface area contributed by atoms with Gasteiger partial charge in [0.05, 0.1) is 6.61 Å². The number of aliphatic hydroxyl groups is 1. The van der Waals surface area contributed by atoms with Gasteiger partial charge < -0.3 is 15.2 Å². The summed E-state index contributed by atoms with van der Waals surface area (Å²) in [6.07, 6.45) is 3.95. The number of thioether (sulfide) groups is 1. The first-order valence-electron chi connectivity index (χ1n) is 7.23. The molecule has 2 rings (SSSR count). The van der Waals surface area contributed by atoms with Gasteiger partial charge in [0, 0.05) is 18.5 Å². The molecular weight excluding hydrogens is 314 g/mol. The number of nitrogens with one attached hydrogen (secondary N) is 1. The summed E-state index contributed by atoms with van der Waals surface area (Å²) in [6, 6.07) is 7.58. The molecular formula is C16H19N3O3S. The van der Waals surface area contributed by atoms with Crippen molar-refractivity contribution in [2.75, 3.05) is 24.8 Å². The van der Waals surface area contributed by atoms with Gasteiger partial charge in [-0.3, -0.25) is 0 Å². The van der Waals surface area contributed by atoms with Crippen molar-refractivity contribution < 1.29 is 14.6 Å². The Kier molecular flexibility index (Phi) is 6.37. The van der Waals surface area contributed by atoms with Crippen LogP contribution in [0.4, 0.5) is 11.5 Å². The summed E-state index contributed by atoms with van der Waals surface area (Å²) < 4.78 is 5.04. The van der Waals surface area contributed by atoms with E-state index in [1.807, 2.05) is 30.5 Å². The topological polar surface area (TPSA) is 84.3 Å². The number of hydrogen-bond acceptors (Lipinski definition) is 7. The predicted molar refractivity (Wildman–Crippen MR) is 90.3 cm³/mol. The lowest BCUT2D eigenvalue weighted by molar-refractivity contribution is 0.0526. The van der Waals surface area contributed by atoms with Gasteiger partial charge in [0.2, 0.25) is 0 Å². The van der Waals surface area contributed by atoms with Crippen molar-refractivity contribution in [2.45, 2.75) is 18.5 Å². The summed E-state index contributed by atoms with van der Waals surface area (Å²) in [5.41, 5.74) is 2.13. The third-order valence-electron chi connectivity index (χ3n) is 3.06. The van der Waals surface area contributed by atoms with Crippen LogP contribution in [0.1, 0.15) is 22.8 Å². The summed E-state index contributed by atoms with van der Waals surface area (Å²) in [4.78, 5) is 20.5. The van der Waals surface area contributed by atoms with Crippen LogP contribution in [0.15, 0.2) is 35.6 Å². The molecule has 0 fully saturated rings. The first kappa shape index (κ1) is 17.2. The number of carbonyl (C=O) groups excluding carboxylic acids is 1. The van der Waals surface area contributed by atoms with Gasteiger partial charge in [-0.15, -0.1) is 0 Å². The van der Waals surface area contributed by atoms with Gasteiger partial charge >= 0.3 is 5.97 Å². The van der Waals surface area contributed by atoms with Crippen molar-refractivity contribution >= 4 is 29.2 Å². The molecule has 122 valence electrons. The second-order valence-corrected chi connectivity index (χ2v) is 5.41. The molecule has 2 aromatic rings. The third kappa shape index (κ3) is 4.67. The maximum atomic E-state index is 12.0. The second-order valence-electron chi connectivity index (χ2n) is 4.63. The van der Waals surface area contributed by atoms with E-state index in [1.165, 1.54) is 18.0 Å². The van der Waals surface area contributed by atoms with Crippen LogP contribution in [0.5, 0.6) is 0 Å². The zero-order valence-corrected chi connectivity index (χ0v) is 13.9. The fourth-order valence-corrected chi connectivity index (χ4v) is 2.28. The van der Waals surface area contributed by atoms with Gasteiger partial charge in [-0.25, -0.2) is 14.8 Å². The molecule has 1 aromatic carbocycles. The Bertz CT molecular complexity index is 662. The first-order chi connectivity index (χ1) is 11.2. The van der Waals surface area contributed by atoms with E-state index in [1.54, 1.807) is 6.92 Å². The Morgan fingerprint density at radius 2 is 2.09 bits per heavy atom. The second kappa shape index (κ2) is 8.50. The molecule has 0 saturated carbocycles. The van der Waals surface area contributed by atoms with Gasteiger partial charge in [0.25, 0.3) is 0 Å². The largest absolute Gasteiger partial charge is 0.462 e. The standard InChI is InChI=1S/C16H19N3O3S/c1-3-22-15(21)13-10-17-16(23-2)19-14(13)18-12-6-4-11(5-7-12)8-9-20/h4-7,10,20H,3,8-9H2,1-2H3,(H,17,18,19). The summed E-state index contributed by atoms with van der Waals surface area (Å²) in [6.45, 7) is 2.16. The quantitative estimate of drug-likeness (QED) is 0.458. The Morgan fingerprint density at radius 3 is 2.70 bits per heavy atom. The summed E-state index contributed by atoms with van der Waals surface area (Å²) in [5.74, 6) is -0.0442. The molecule has 0 amide bonds. The number of esters is 1. The van der Waals surface area contributed by atoms with Crippen LogP contribution in [-0.2, 0) is 11.2 Å². The molecule has 1 aromatic heterocycles. The van der Waals surface area contributed by atoms with E-state index in [-0.39, 0.29) is 6.61 Å². The monoisotopic (exact) mass is 333 g/mol. The normalized spacial score (nSPS) is 10.4. The molecule has 0 atom stereocenters. The minimum Gasteiger partial charge on any atom is -0.462 e. The summed E-state index contributed by atoms with van der Waals surface area (Å²) >= 11 is 1.39. The maximum absolute atomic E-state index is 12.0. The van der Waals surface area contributed by atoms with E-state index in [0.29, 0.717) is 29.6 Å². The van der Waals surface area contributed by atoms with Gasteiger partial charge in [0.1, 0.15) is 11.4 Å². The van der Waals surface area contributed by atoms with E-state index < -0.39 is 5.97 Å². The molecule has 0 bridgehead atoms. The van der Waals surface area contributed by atoms with Crippen LogP contribution in [-0.4, -0.2) is 40.5 Å². The Labute approximate surface area is 139 Å². The third-order valence-corrected chi connectivity index (χ3v) is 3.62. The fourth-order valence-electron chi connectivity index (χ4n) is 1.94. The average molecular weight is 333 g/mol. The molecule has 0 unspecified atom stereocenters. The molecule has 0 radical (unpaired) electrons. The molecule has 0 aliphatic rings. The maximum Gasteiger partial charge on any atom is 0.343 e. The van der Waals surface area contributed by atoms with Crippen molar-refractivity contribution in [3.8, 4) is 0 Å². The van der Waals surface area contributed by atoms with E-state index in [4.69, 9.17) is 9.84 Å². The van der Waals surface area contributed by atoms with E-state index in [2.05, 4.69) is 15.3 Å². The minimum atomic E-state index is -0.459. The van der Waals surface area contributed by atoms with E-state index in [0.717, 1.165) is 11.3 Å². The molecule has 2 N–H and O–H groups in total. The van der Waals surface area contributed by atoms with Crippen LogP contribution < -0.4 is 5.32 Å². The summed E-state index contributed by atoms with van der Waals surface area (Å²) in [7, 11) is 0. The highest BCUT2D eigenvalue weighted by molar-refractivity contribution is 7.98. The van der Waals surface area contributed by atoms with Crippen molar-refractivity contribution in [1.29, 1.82) is 0 Å². The Balaban J connectivity index is 2.27. The molecule has 6 nitrogen and oxygen atoms in total. The van der Waals surface area contributed by atoms with Crippen LogP contribution in [0.3, 0.4) is 0 Å². The molecule has 1 heterocycles. The number of anilines is 2. The number of ether oxygens (including phenoxy) is 1. The Hall–Kier alpha value is -2.12. The first-order valence-corrected chi connectivity index (χ1v) is 8.45. The minimum absolute atomic E-state index is 0.114. The van der Waals surface area contributed by atoms with Gasteiger partial charge in [0.15, 0.2) is 5.16 Å². The van der Waals surface area contributed by atoms with Gasteiger partial charge in [-0.2, -0.15) is 0 Å². The number of aromatic nitrogens is 2. The molecule has 0 aliphatic carbocycles. The number of nitrogens with zero attached hydrogens (tertiary/aromatic N) is 2. The zero-order valence-electron chi connectivity index (χ0n) is 13.1. The molecule has 0 spiro atoms. The van der Waals surface area contributed by atoms with Crippen molar-refractivity contribution in [2.24, 2.45) is 0 Å². The van der Waals surface area contributed by atoms with Crippen LogP contribution in [0, 0.1) is 0 Å². The highest BCUT2D eigenvalue weighted by atomic mass is 32.2. The van der Waals surface area contributed by atoms with E-state index in [9.17, 15) is 4.79 Å². The van der Waals surface area contributed by atoms with Gasteiger partial charge in [-0.05, 0) is 37.3 Å². The molecule has 7 heteroatoms. The number of benzene rings is 1. The smallest absolute Gasteiger partial charge is 0.343 e. The van der Waals surface area contributed by atoms with E-state index >= 15 is 0 Å². The molecule has 23 heavy (non-hydrogen) atoms. The Morgan fingerprint density at radius 1 is 1.35 bits per heavy atom. The van der Waals surface area contributed by atoms with Crippen LogP contribution >= 0.6 is 11.8 Å². The lowest BCUT2D eigenvalue weighted by Crippen LogP contribution is -2.10. The number of rotatable bonds is 7.